The van der Waals surface area contributed by atoms with Gasteiger partial charge in [-0.15, -0.1) is 0 Å². The smallest absolute Gasteiger partial charge is 0.308 e. The molecule has 4 aliphatic rings. The first-order valence-electron chi connectivity index (χ1n) is 11.5. The molecule has 4 saturated carbocycles. The van der Waals surface area contributed by atoms with Crippen molar-refractivity contribution < 1.29 is 14.3 Å². The van der Waals surface area contributed by atoms with Gasteiger partial charge < -0.3 is 15.4 Å². The molecular weight excluding hydrogens is 423 g/mol. The van der Waals surface area contributed by atoms with Gasteiger partial charge in [0, 0.05) is 34.9 Å². The zero-order valence-corrected chi connectivity index (χ0v) is 17.9. The van der Waals surface area contributed by atoms with Crippen molar-refractivity contribution in [2.24, 2.45) is 17.8 Å². The minimum atomic E-state index is -0.840. The molecule has 3 aromatic rings. The van der Waals surface area contributed by atoms with Gasteiger partial charge in [-0.25, -0.2) is 19.3 Å². The van der Waals surface area contributed by atoms with Gasteiger partial charge in [0.25, 0.3) is 0 Å². The second-order valence-electron chi connectivity index (χ2n) is 9.49. The van der Waals surface area contributed by atoms with E-state index in [1.807, 2.05) is 0 Å². The monoisotopic (exact) mass is 446 g/mol. The van der Waals surface area contributed by atoms with Crippen molar-refractivity contribution >= 4 is 22.8 Å². The molecule has 3 heterocycles. The topological polar surface area (TPSA) is 128 Å². The minimum Gasteiger partial charge on any atom is -0.481 e. The van der Waals surface area contributed by atoms with E-state index in [1.54, 1.807) is 12.4 Å². The lowest BCUT2D eigenvalue weighted by molar-refractivity contribution is -0.148. The lowest BCUT2D eigenvalue weighted by Gasteiger charge is -2.47. The summed E-state index contributed by atoms with van der Waals surface area (Å²) in [5.74, 6) is -1.65. The molecule has 3 N–H and O–H groups in total. The summed E-state index contributed by atoms with van der Waals surface area (Å²) in [6, 6.07) is 1.81. The fourth-order valence-corrected chi connectivity index (χ4v) is 5.97. The molecule has 9 heteroatoms. The summed E-state index contributed by atoms with van der Waals surface area (Å²) in [5, 5.41) is 23.8. The molecule has 0 amide bonds. The van der Waals surface area contributed by atoms with Crippen LogP contribution in [0.25, 0.3) is 22.3 Å². The maximum absolute atomic E-state index is 15.8. The Morgan fingerprint density at radius 1 is 1.21 bits per heavy atom. The highest BCUT2D eigenvalue weighted by Crippen LogP contribution is 2.49. The Hall–Kier alpha value is -3.54. The van der Waals surface area contributed by atoms with E-state index in [0.717, 1.165) is 38.5 Å². The third-order valence-corrected chi connectivity index (χ3v) is 7.69. The van der Waals surface area contributed by atoms with E-state index in [0.29, 0.717) is 27.9 Å². The summed E-state index contributed by atoms with van der Waals surface area (Å²) in [6.45, 7) is 0. The van der Waals surface area contributed by atoms with E-state index < -0.39 is 17.7 Å². The van der Waals surface area contributed by atoms with Crippen molar-refractivity contribution in [1.82, 2.24) is 19.9 Å². The number of carboxylic acid groups (broad SMARTS) is 1. The third-order valence-electron chi connectivity index (χ3n) is 7.69. The Kier molecular flexibility index (Phi) is 4.57. The molecule has 168 valence electrons. The molecule has 2 atom stereocenters. The van der Waals surface area contributed by atoms with Gasteiger partial charge in [0.1, 0.15) is 18.0 Å². The van der Waals surface area contributed by atoms with Gasteiger partial charge in [-0.1, -0.05) is 0 Å². The van der Waals surface area contributed by atoms with Crippen LogP contribution in [0, 0.1) is 34.9 Å². The predicted octanol–water partition coefficient (Wildman–Crippen LogP) is 4.21. The first-order valence-corrected chi connectivity index (χ1v) is 11.5. The molecule has 0 spiro atoms. The Morgan fingerprint density at radius 2 is 1.97 bits per heavy atom. The second kappa shape index (κ2) is 7.51. The Morgan fingerprint density at radius 3 is 2.67 bits per heavy atom. The van der Waals surface area contributed by atoms with Crippen molar-refractivity contribution in [2.75, 3.05) is 5.32 Å². The Bertz CT molecular complexity index is 1300. The number of rotatable bonds is 5. The zero-order chi connectivity index (χ0) is 22.7. The number of aromatic nitrogens is 4. The van der Waals surface area contributed by atoms with Gasteiger partial charge in [0.05, 0.1) is 17.2 Å². The number of hydrogen-bond acceptors (Lipinski definition) is 6. The highest BCUT2D eigenvalue weighted by Gasteiger charge is 2.48. The summed E-state index contributed by atoms with van der Waals surface area (Å²) in [4.78, 5) is 28.1. The van der Waals surface area contributed by atoms with Gasteiger partial charge in [-0.05, 0) is 56.3 Å². The largest absolute Gasteiger partial charge is 0.481 e. The number of carboxylic acids is 1. The van der Waals surface area contributed by atoms with Crippen molar-refractivity contribution in [2.45, 2.75) is 50.5 Å². The van der Waals surface area contributed by atoms with E-state index in [1.165, 1.54) is 6.33 Å². The van der Waals surface area contributed by atoms with Gasteiger partial charge in [0.15, 0.2) is 11.6 Å². The van der Waals surface area contributed by atoms with E-state index >= 15 is 4.39 Å². The zero-order valence-electron chi connectivity index (χ0n) is 17.9. The van der Waals surface area contributed by atoms with Crippen LogP contribution in [0.2, 0.25) is 0 Å². The highest BCUT2D eigenvalue weighted by atomic mass is 19.1. The number of H-pyrrole nitrogens is 1. The van der Waals surface area contributed by atoms with E-state index in [9.17, 15) is 15.2 Å². The third kappa shape index (κ3) is 3.16. The molecule has 0 aromatic carbocycles. The van der Waals surface area contributed by atoms with Crippen LogP contribution in [0.1, 0.15) is 55.6 Å². The molecular formula is C24H23FN6O2. The number of pyridine rings is 1. The maximum Gasteiger partial charge on any atom is 0.308 e. The summed E-state index contributed by atoms with van der Waals surface area (Å²) in [5.41, 5.74) is 2.21. The van der Waals surface area contributed by atoms with Crippen LogP contribution < -0.4 is 5.32 Å². The molecule has 8 nitrogen and oxygen atoms in total. The molecule has 4 aliphatic carbocycles. The fourth-order valence-electron chi connectivity index (χ4n) is 5.97. The van der Waals surface area contributed by atoms with Crippen LogP contribution in [0.4, 0.5) is 10.2 Å². The van der Waals surface area contributed by atoms with Crippen LogP contribution >= 0.6 is 0 Å². The van der Waals surface area contributed by atoms with Crippen molar-refractivity contribution in [1.29, 1.82) is 5.26 Å². The first kappa shape index (κ1) is 20.1. The molecule has 3 aromatic heterocycles. The Balaban J connectivity index is 1.50. The van der Waals surface area contributed by atoms with E-state index in [4.69, 9.17) is 0 Å². The van der Waals surface area contributed by atoms with E-state index in [-0.39, 0.29) is 35.2 Å². The number of carbonyl (C=O) groups is 1. The number of nitriles is 1. The molecule has 0 radical (unpaired) electrons. The SMILES string of the molecule is N#Cc1c(-c2c[nH]c3ncncc23)nc(N[C@H]2C3CCC(CC3)[C@@H]2C(=O)O)c(F)c1C1CC1. The average Bonchev–Trinajstić information content (AvgIpc) is 3.58. The number of anilines is 1. The number of hydrogen-bond donors (Lipinski definition) is 3. The van der Waals surface area contributed by atoms with Gasteiger partial charge >= 0.3 is 5.97 Å². The van der Waals surface area contributed by atoms with Gasteiger partial charge in [-0.2, -0.15) is 5.26 Å². The van der Waals surface area contributed by atoms with Crippen LogP contribution in [-0.2, 0) is 4.79 Å². The normalized spacial score (nSPS) is 26.3. The van der Waals surface area contributed by atoms with Crippen LogP contribution in [-0.4, -0.2) is 37.1 Å². The number of fused-ring (bicyclic) bond motifs is 4. The molecule has 33 heavy (non-hydrogen) atoms. The van der Waals surface area contributed by atoms with Crippen molar-refractivity contribution in [3.05, 3.63) is 35.7 Å². The average molecular weight is 446 g/mol. The lowest BCUT2D eigenvalue weighted by atomic mass is 9.61. The summed E-state index contributed by atoms with van der Waals surface area (Å²) >= 11 is 0. The van der Waals surface area contributed by atoms with Crippen molar-refractivity contribution in [3.63, 3.8) is 0 Å². The van der Waals surface area contributed by atoms with E-state index in [2.05, 4.69) is 31.3 Å². The molecule has 0 unspecified atom stereocenters. The molecule has 0 saturated heterocycles. The predicted molar refractivity (Wildman–Crippen MR) is 118 cm³/mol. The lowest BCUT2D eigenvalue weighted by Crippen LogP contribution is -2.51. The summed E-state index contributed by atoms with van der Waals surface area (Å²) < 4.78 is 15.8. The number of nitrogens with zero attached hydrogens (tertiary/aromatic N) is 4. The summed E-state index contributed by atoms with van der Waals surface area (Å²) in [7, 11) is 0. The number of nitrogens with one attached hydrogen (secondary N) is 2. The highest BCUT2D eigenvalue weighted by molar-refractivity contribution is 5.94. The molecule has 4 fully saturated rings. The molecule has 2 bridgehead atoms. The number of halogens is 1. The standard InChI is InChI=1S/C24H23FN6O2/c25-19-17(11-1-2-11)14(7-26)21(15-9-28-22-16(15)8-27-10-29-22)31-23(19)30-20-13-5-3-12(4-6-13)18(20)24(32)33/h8-13,18,20H,1-6H2,(H,30,31)(H,32,33)(H,27,28,29)/t12?,13?,18-,20-/m0/s1. The van der Waals surface area contributed by atoms with Crippen LogP contribution in [0.5, 0.6) is 0 Å². The second-order valence-corrected chi connectivity index (χ2v) is 9.49. The Labute approximate surface area is 189 Å². The van der Waals surface area contributed by atoms with Crippen molar-refractivity contribution in [3.8, 4) is 17.3 Å². The van der Waals surface area contributed by atoms with Gasteiger partial charge in [-0.3, -0.25) is 4.79 Å². The fraction of sp³-hybridized carbons (Fsp3) is 0.458. The summed E-state index contributed by atoms with van der Waals surface area (Å²) in [6.07, 6.45) is 10.1. The molecule has 7 rings (SSSR count). The van der Waals surface area contributed by atoms with Crippen LogP contribution in [0.15, 0.2) is 18.7 Å². The number of aromatic amines is 1. The maximum atomic E-state index is 15.8. The quantitative estimate of drug-likeness (QED) is 0.536. The molecule has 0 aliphatic heterocycles. The van der Waals surface area contributed by atoms with Crippen LogP contribution in [0.3, 0.4) is 0 Å². The van der Waals surface area contributed by atoms with Gasteiger partial charge in [0.2, 0.25) is 0 Å². The number of aliphatic carboxylic acids is 1. The first-order chi connectivity index (χ1) is 16.1. The minimum absolute atomic E-state index is 0.0264.